The third-order valence-electron chi connectivity index (χ3n) is 2.79. The quantitative estimate of drug-likeness (QED) is 0.549. The Kier molecular flexibility index (Phi) is 7.66. The Balaban J connectivity index is 2.10. The number of carbonyl (C=O) groups excluding carboxylic acids is 1. The SMILES string of the molecule is CCOc1ccc(CCNCCCC(=O)OC)cc1. The van der Waals surface area contributed by atoms with Gasteiger partial charge in [-0.15, -0.1) is 0 Å². The highest BCUT2D eigenvalue weighted by molar-refractivity contribution is 5.69. The van der Waals surface area contributed by atoms with Gasteiger partial charge in [-0.05, 0) is 50.6 Å². The van der Waals surface area contributed by atoms with Gasteiger partial charge in [-0.1, -0.05) is 12.1 Å². The first kappa shape index (κ1) is 15.5. The molecule has 0 heterocycles. The van der Waals surface area contributed by atoms with Gasteiger partial charge in [0.15, 0.2) is 0 Å². The van der Waals surface area contributed by atoms with Gasteiger partial charge < -0.3 is 14.8 Å². The first-order chi connectivity index (χ1) is 9.26. The summed E-state index contributed by atoms with van der Waals surface area (Å²) in [6, 6.07) is 8.16. The predicted octanol–water partition coefficient (Wildman–Crippen LogP) is 2.17. The van der Waals surface area contributed by atoms with Gasteiger partial charge in [-0.2, -0.15) is 0 Å². The zero-order chi connectivity index (χ0) is 13.9. The molecule has 0 aliphatic rings. The third-order valence-corrected chi connectivity index (χ3v) is 2.79. The summed E-state index contributed by atoms with van der Waals surface area (Å²) in [6.07, 6.45) is 2.27. The Bertz CT molecular complexity index is 362. The van der Waals surface area contributed by atoms with Crippen LogP contribution in [0.15, 0.2) is 24.3 Å². The fourth-order valence-corrected chi connectivity index (χ4v) is 1.74. The van der Waals surface area contributed by atoms with E-state index in [9.17, 15) is 4.79 Å². The maximum atomic E-state index is 10.9. The second-order valence-electron chi connectivity index (χ2n) is 4.26. The number of nitrogens with one attached hydrogen (secondary N) is 1. The molecule has 0 unspecified atom stereocenters. The van der Waals surface area contributed by atoms with E-state index in [1.54, 1.807) is 0 Å². The topological polar surface area (TPSA) is 47.6 Å². The van der Waals surface area contributed by atoms with Crippen LogP contribution in [0.5, 0.6) is 5.75 Å². The van der Waals surface area contributed by atoms with E-state index in [0.29, 0.717) is 13.0 Å². The van der Waals surface area contributed by atoms with Crippen molar-refractivity contribution in [3.8, 4) is 5.75 Å². The van der Waals surface area contributed by atoms with Gasteiger partial charge in [0, 0.05) is 6.42 Å². The van der Waals surface area contributed by atoms with Crippen LogP contribution in [0, 0.1) is 0 Å². The van der Waals surface area contributed by atoms with E-state index in [0.717, 1.165) is 31.7 Å². The molecule has 0 saturated heterocycles. The molecular weight excluding hydrogens is 242 g/mol. The van der Waals surface area contributed by atoms with Crippen molar-refractivity contribution in [3.05, 3.63) is 29.8 Å². The molecule has 1 N–H and O–H groups in total. The van der Waals surface area contributed by atoms with Crippen molar-refractivity contribution in [1.29, 1.82) is 0 Å². The average Bonchev–Trinajstić information content (AvgIpc) is 2.44. The minimum Gasteiger partial charge on any atom is -0.494 e. The zero-order valence-electron chi connectivity index (χ0n) is 11.8. The molecule has 1 aromatic rings. The fourth-order valence-electron chi connectivity index (χ4n) is 1.74. The number of esters is 1. The van der Waals surface area contributed by atoms with Crippen LogP contribution in [0.4, 0.5) is 0 Å². The molecule has 0 spiro atoms. The monoisotopic (exact) mass is 265 g/mol. The van der Waals surface area contributed by atoms with E-state index in [2.05, 4.69) is 22.2 Å². The molecule has 19 heavy (non-hydrogen) atoms. The van der Waals surface area contributed by atoms with E-state index in [1.807, 2.05) is 19.1 Å². The Hall–Kier alpha value is -1.55. The molecule has 106 valence electrons. The number of methoxy groups -OCH3 is 1. The minimum atomic E-state index is -0.145. The number of benzene rings is 1. The molecule has 0 saturated carbocycles. The lowest BCUT2D eigenvalue weighted by Gasteiger charge is -2.06. The molecule has 0 radical (unpaired) electrons. The number of ether oxygens (including phenoxy) is 2. The summed E-state index contributed by atoms with van der Waals surface area (Å²) < 4.78 is 9.97. The second kappa shape index (κ2) is 9.39. The Morgan fingerprint density at radius 1 is 1.21 bits per heavy atom. The van der Waals surface area contributed by atoms with Gasteiger partial charge in [0.2, 0.25) is 0 Å². The van der Waals surface area contributed by atoms with Gasteiger partial charge in [0.1, 0.15) is 5.75 Å². The Morgan fingerprint density at radius 2 is 1.95 bits per heavy atom. The maximum Gasteiger partial charge on any atom is 0.305 e. The van der Waals surface area contributed by atoms with Crippen LogP contribution in [-0.2, 0) is 16.0 Å². The summed E-state index contributed by atoms with van der Waals surface area (Å²) in [5.74, 6) is 0.769. The molecule has 1 rings (SSSR count). The fraction of sp³-hybridized carbons (Fsp3) is 0.533. The lowest BCUT2D eigenvalue weighted by Crippen LogP contribution is -2.19. The molecule has 0 amide bonds. The lowest BCUT2D eigenvalue weighted by molar-refractivity contribution is -0.140. The summed E-state index contributed by atoms with van der Waals surface area (Å²) in [5, 5.41) is 3.31. The van der Waals surface area contributed by atoms with E-state index in [-0.39, 0.29) is 5.97 Å². The molecule has 0 aromatic heterocycles. The minimum absolute atomic E-state index is 0.145. The predicted molar refractivity (Wildman–Crippen MR) is 75.4 cm³/mol. The molecule has 0 aliphatic heterocycles. The van der Waals surface area contributed by atoms with Crippen molar-refractivity contribution in [1.82, 2.24) is 5.32 Å². The number of hydrogen-bond acceptors (Lipinski definition) is 4. The first-order valence-electron chi connectivity index (χ1n) is 6.75. The average molecular weight is 265 g/mol. The third kappa shape index (κ3) is 6.82. The van der Waals surface area contributed by atoms with Crippen LogP contribution in [0.25, 0.3) is 0 Å². The lowest BCUT2D eigenvalue weighted by atomic mass is 10.1. The summed E-state index contributed by atoms with van der Waals surface area (Å²) >= 11 is 0. The summed E-state index contributed by atoms with van der Waals surface area (Å²) in [4.78, 5) is 10.9. The van der Waals surface area contributed by atoms with E-state index in [4.69, 9.17) is 4.74 Å². The maximum absolute atomic E-state index is 10.9. The van der Waals surface area contributed by atoms with Crippen LogP contribution >= 0.6 is 0 Å². The van der Waals surface area contributed by atoms with Gasteiger partial charge in [0.25, 0.3) is 0 Å². The number of rotatable bonds is 9. The van der Waals surface area contributed by atoms with Crippen molar-refractivity contribution in [3.63, 3.8) is 0 Å². The molecule has 0 bridgehead atoms. The number of hydrogen-bond donors (Lipinski definition) is 1. The van der Waals surface area contributed by atoms with Gasteiger partial charge in [0.05, 0.1) is 13.7 Å². The molecule has 0 fully saturated rings. The van der Waals surface area contributed by atoms with E-state index < -0.39 is 0 Å². The van der Waals surface area contributed by atoms with Gasteiger partial charge in [-0.25, -0.2) is 0 Å². The normalized spacial score (nSPS) is 10.2. The molecule has 0 aliphatic carbocycles. The zero-order valence-corrected chi connectivity index (χ0v) is 11.8. The highest BCUT2D eigenvalue weighted by atomic mass is 16.5. The molecular formula is C15H23NO3. The van der Waals surface area contributed by atoms with Crippen LogP contribution < -0.4 is 10.1 Å². The Morgan fingerprint density at radius 3 is 2.58 bits per heavy atom. The van der Waals surface area contributed by atoms with Crippen LogP contribution in [0.3, 0.4) is 0 Å². The molecule has 0 atom stereocenters. The van der Waals surface area contributed by atoms with Crippen molar-refractivity contribution in [2.45, 2.75) is 26.2 Å². The standard InChI is InChI=1S/C15H23NO3/c1-3-19-14-8-6-13(7-9-14)10-12-16-11-4-5-15(17)18-2/h6-9,16H,3-5,10-12H2,1-2H3. The second-order valence-corrected chi connectivity index (χ2v) is 4.26. The number of carbonyl (C=O) groups is 1. The first-order valence-corrected chi connectivity index (χ1v) is 6.75. The van der Waals surface area contributed by atoms with Crippen LogP contribution in [0.2, 0.25) is 0 Å². The van der Waals surface area contributed by atoms with Crippen LogP contribution in [-0.4, -0.2) is 32.8 Å². The molecule has 4 nitrogen and oxygen atoms in total. The van der Waals surface area contributed by atoms with E-state index in [1.165, 1.54) is 12.7 Å². The Labute approximate surface area is 115 Å². The van der Waals surface area contributed by atoms with Crippen molar-refractivity contribution < 1.29 is 14.3 Å². The smallest absolute Gasteiger partial charge is 0.305 e. The summed E-state index contributed by atoms with van der Waals surface area (Å²) in [5.41, 5.74) is 1.28. The van der Waals surface area contributed by atoms with Gasteiger partial charge in [-0.3, -0.25) is 4.79 Å². The van der Waals surface area contributed by atoms with E-state index >= 15 is 0 Å². The van der Waals surface area contributed by atoms with Crippen molar-refractivity contribution >= 4 is 5.97 Å². The molecule has 4 heteroatoms. The highest BCUT2D eigenvalue weighted by Gasteiger charge is 1.99. The highest BCUT2D eigenvalue weighted by Crippen LogP contribution is 2.12. The van der Waals surface area contributed by atoms with Crippen LogP contribution in [0.1, 0.15) is 25.3 Å². The largest absolute Gasteiger partial charge is 0.494 e. The molecule has 1 aromatic carbocycles. The summed E-state index contributed by atoms with van der Waals surface area (Å²) in [6.45, 7) is 4.43. The summed E-state index contributed by atoms with van der Waals surface area (Å²) in [7, 11) is 1.42. The van der Waals surface area contributed by atoms with Crippen molar-refractivity contribution in [2.24, 2.45) is 0 Å². The van der Waals surface area contributed by atoms with Crippen molar-refractivity contribution in [2.75, 3.05) is 26.8 Å². The van der Waals surface area contributed by atoms with Gasteiger partial charge >= 0.3 is 5.97 Å².